The molecule has 28 heavy (non-hydrogen) atoms. The molecule has 0 saturated heterocycles. The minimum Gasteiger partial charge on any atom is -0.493 e. The number of carbonyl (C=O) groups is 1. The molecule has 0 unspecified atom stereocenters. The summed E-state index contributed by atoms with van der Waals surface area (Å²) in [6.45, 7) is 3.00. The molecule has 1 aromatic heterocycles. The fourth-order valence-electron chi connectivity index (χ4n) is 3.44. The molecule has 2 heterocycles. The van der Waals surface area contributed by atoms with Gasteiger partial charge in [-0.25, -0.2) is 4.98 Å². The smallest absolute Gasteiger partial charge is 0.258 e. The average molecular weight is 379 g/mol. The standard InChI is InChI=1S/C21H21N3O4/c1-4-24-11-14-18(21(24)25)19(22)13-6-5-7-16(20(13)23-14)28-12-8-9-15(26-2)17(10-12)27-3/h5-10H,4,11H2,1-3H3,(H2,22,23). The molecule has 0 saturated carbocycles. The summed E-state index contributed by atoms with van der Waals surface area (Å²) < 4.78 is 16.7. The van der Waals surface area contributed by atoms with Gasteiger partial charge in [-0.3, -0.25) is 4.79 Å². The molecular formula is C21H21N3O4. The third kappa shape index (κ3) is 2.76. The highest BCUT2D eigenvalue weighted by atomic mass is 16.5. The van der Waals surface area contributed by atoms with Gasteiger partial charge in [0.15, 0.2) is 17.2 Å². The van der Waals surface area contributed by atoms with Gasteiger partial charge in [0.2, 0.25) is 0 Å². The Labute approximate surface area is 162 Å². The van der Waals surface area contributed by atoms with Gasteiger partial charge >= 0.3 is 0 Å². The van der Waals surface area contributed by atoms with E-state index in [-0.39, 0.29) is 5.91 Å². The van der Waals surface area contributed by atoms with Gasteiger partial charge in [-0.05, 0) is 25.1 Å². The Bertz CT molecular complexity index is 1080. The van der Waals surface area contributed by atoms with Crippen LogP contribution in [0.15, 0.2) is 36.4 Å². The number of amides is 1. The van der Waals surface area contributed by atoms with Crippen molar-refractivity contribution in [2.75, 3.05) is 26.5 Å². The summed E-state index contributed by atoms with van der Waals surface area (Å²) in [5, 5.41) is 0.697. The number of anilines is 1. The van der Waals surface area contributed by atoms with Crippen LogP contribution >= 0.6 is 0 Å². The molecule has 144 valence electrons. The van der Waals surface area contributed by atoms with Gasteiger partial charge in [0.1, 0.15) is 11.3 Å². The monoisotopic (exact) mass is 379 g/mol. The number of benzene rings is 2. The quantitative estimate of drug-likeness (QED) is 0.729. The molecular weight excluding hydrogens is 358 g/mol. The van der Waals surface area contributed by atoms with Crippen LogP contribution in [0.3, 0.4) is 0 Å². The fraction of sp³-hybridized carbons (Fsp3) is 0.238. The van der Waals surface area contributed by atoms with Crippen molar-refractivity contribution in [1.82, 2.24) is 9.88 Å². The van der Waals surface area contributed by atoms with Gasteiger partial charge in [-0.1, -0.05) is 12.1 Å². The van der Waals surface area contributed by atoms with Crippen molar-refractivity contribution in [1.29, 1.82) is 0 Å². The first-order valence-corrected chi connectivity index (χ1v) is 8.97. The summed E-state index contributed by atoms with van der Waals surface area (Å²) in [5.41, 5.74) is 8.59. The zero-order valence-corrected chi connectivity index (χ0v) is 16.0. The summed E-state index contributed by atoms with van der Waals surface area (Å²) in [6.07, 6.45) is 0. The number of aromatic nitrogens is 1. The Morgan fingerprint density at radius 2 is 1.89 bits per heavy atom. The number of nitrogen functional groups attached to an aromatic ring is 1. The number of ether oxygens (including phenoxy) is 3. The van der Waals surface area contributed by atoms with E-state index >= 15 is 0 Å². The summed E-state index contributed by atoms with van der Waals surface area (Å²) in [5.74, 6) is 2.25. The molecule has 0 spiro atoms. The van der Waals surface area contributed by atoms with E-state index in [0.717, 1.165) is 0 Å². The second-order valence-corrected chi connectivity index (χ2v) is 6.44. The molecule has 0 atom stereocenters. The number of carbonyl (C=O) groups excluding carboxylic acids is 1. The number of nitrogens with two attached hydrogens (primary N) is 1. The second kappa shape index (κ2) is 6.92. The van der Waals surface area contributed by atoms with E-state index in [0.29, 0.717) is 63.9 Å². The van der Waals surface area contributed by atoms with Crippen molar-refractivity contribution >= 4 is 22.5 Å². The topological polar surface area (TPSA) is 86.9 Å². The van der Waals surface area contributed by atoms with Crippen molar-refractivity contribution in [2.24, 2.45) is 0 Å². The minimum absolute atomic E-state index is 0.0735. The highest BCUT2D eigenvalue weighted by Crippen LogP contribution is 2.38. The zero-order valence-electron chi connectivity index (χ0n) is 16.0. The molecule has 4 rings (SSSR count). The fourth-order valence-corrected chi connectivity index (χ4v) is 3.44. The van der Waals surface area contributed by atoms with Crippen molar-refractivity contribution < 1.29 is 19.0 Å². The SMILES string of the molecule is CCN1Cc2nc3c(Oc4ccc(OC)c(OC)c4)cccc3c(N)c2C1=O. The Morgan fingerprint density at radius 3 is 2.61 bits per heavy atom. The van der Waals surface area contributed by atoms with E-state index in [9.17, 15) is 4.79 Å². The maximum Gasteiger partial charge on any atom is 0.258 e. The van der Waals surface area contributed by atoms with Gasteiger partial charge in [-0.15, -0.1) is 0 Å². The Hall–Kier alpha value is -3.48. The van der Waals surface area contributed by atoms with Crippen molar-refractivity contribution in [2.45, 2.75) is 13.5 Å². The third-order valence-electron chi connectivity index (χ3n) is 4.90. The molecule has 0 bridgehead atoms. The molecule has 7 nitrogen and oxygen atoms in total. The van der Waals surface area contributed by atoms with E-state index in [1.54, 1.807) is 37.3 Å². The van der Waals surface area contributed by atoms with E-state index in [4.69, 9.17) is 24.9 Å². The molecule has 2 aromatic carbocycles. The first-order valence-electron chi connectivity index (χ1n) is 8.97. The number of fused-ring (bicyclic) bond motifs is 2. The van der Waals surface area contributed by atoms with Gasteiger partial charge in [0.05, 0.1) is 37.7 Å². The lowest BCUT2D eigenvalue weighted by Crippen LogP contribution is -2.23. The lowest BCUT2D eigenvalue weighted by atomic mass is 10.1. The summed E-state index contributed by atoms with van der Waals surface area (Å²) in [7, 11) is 3.15. The normalized spacial score (nSPS) is 13.0. The van der Waals surface area contributed by atoms with Crippen molar-refractivity contribution in [3.63, 3.8) is 0 Å². The maximum atomic E-state index is 12.5. The van der Waals surface area contributed by atoms with Crippen molar-refractivity contribution in [3.05, 3.63) is 47.7 Å². The number of para-hydroxylation sites is 1. The predicted octanol–water partition coefficient (Wildman–Crippen LogP) is 3.60. The maximum absolute atomic E-state index is 12.5. The van der Waals surface area contributed by atoms with Gasteiger partial charge in [0.25, 0.3) is 5.91 Å². The number of hydrogen-bond donors (Lipinski definition) is 1. The third-order valence-corrected chi connectivity index (χ3v) is 4.90. The molecule has 1 amide bonds. The van der Waals surface area contributed by atoms with Crippen LogP contribution in [-0.4, -0.2) is 36.6 Å². The predicted molar refractivity (Wildman–Crippen MR) is 106 cm³/mol. The lowest BCUT2D eigenvalue weighted by molar-refractivity contribution is 0.0787. The van der Waals surface area contributed by atoms with E-state index in [1.165, 1.54) is 0 Å². The number of hydrogen-bond acceptors (Lipinski definition) is 6. The van der Waals surface area contributed by atoms with Gasteiger partial charge in [0, 0.05) is 18.0 Å². The number of nitrogens with zero attached hydrogens (tertiary/aromatic N) is 2. The van der Waals surface area contributed by atoms with Gasteiger partial charge in [-0.2, -0.15) is 0 Å². The second-order valence-electron chi connectivity index (χ2n) is 6.44. The average Bonchev–Trinajstić information content (AvgIpc) is 3.04. The highest BCUT2D eigenvalue weighted by molar-refractivity contribution is 6.10. The Balaban J connectivity index is 1.80. The Morgan fingerprint density at radius 1 is 1.11 bits per heavy atom. The van der Waals surface area contributed by atoms with E-state index in [1.807, 2.05) is 25.1 Å². The molecule has 7 heteroatoms. The van der Waals surface area contributed by atoms with Crippen LogP contribution in [-0.2, 0) is 6.54 Å². The number of methoxy groups -OCH3 is 2. The molecule has 3 aromatic rings. The molecule has 2 N–H and O–H groups in total. The molecule has 1 aliphatic rings. The van der Waals surface area contributed by atoms with Crippen LogP contribution in [0.4, 0.5) is 5.69 Å². The molecule has 1 aliphatic heterocycles. The van der Waals surface area contributed by atoms with Crippen LogP contribution < -0.4 is 19.9 Å². The first-order chi connectivity index (χ1) is 13.6. The van der Waals surface area contributed by atoms with E-state index < -0.39 is 0 Å². The van der Waals surface area contributed by atoms with Crippen LogP contribution in [0.1, 0.15) is 23.0 Å². The largest absolute Gasteiger partial charge is 0.493 e. The molecule has 0 fully saturated rings. The number of pyridine rings is 1. The van der Waals surface area contributed by atoms with Gasteiger partial charge < -0.3 is 24.8 Å². The first kappa shape index (κ1) is 17.9. The number of rotatable bonds is 5. The molecule has 0 aliphatic carbocycles. The lowest BCUT2D eigenvalue weighted by Gasteiger charge is -2.13. The van der Waals surface area contributed by atoms with Crippen LogP contribution in [0, 0.1) is 0 Å². The van der Waals surface area contributed by atoms with Crippen molar-refractivity contribution in [3.8, 4) is 23.0 Å². The summed E-state index contributed by atoms with van der Waals surface area (Å²) in [6, 6.07) is 10.8. The van der Waals surface area contributed by atoms with E-state index in [2.05, 4.69) is 0 Å². The summed E-state index contributed by atoms with van der Waals surface area (Å²) >= 11 is 0. The highest BCUT2D eigenvalue weighted by Gasteiger charge is 2.31. The Kier molecular flexibility index (Phi) is 4.43. The van der Waals surface area contributed by atoms with Crippen LogP contribution in [0.2, 0.25) is 0 Å². The summed E-state index contributed by atoms with van der Waals surface area (Å²) in [4.78, 5) is 19.0. The van der Waals surface area contributed by atoms with Crippen LogP contribution in [0.5, 0.6) is 23.0 Å². The van der Waals surface area contributed by atoms with Crippen LogP contribution in [0.25, 0.3) is 10.9 Å². The zero-order chi connectivity index (χ0) is 19.8. The minimum atomic E-state index is -0.0735. The molecule has 0 radical (unpaired) electrons.